The second-order valence-corrected chi connectivity index (χ2v) is 12.0. The average Bonchev–Trinajstić information content (AvgIpc) is 2.77. The molecule has 4 aromatic carbocycles. The molecule has 0 unspecified atom stereocenters. The molecule has 0 aliphatic carbocycles. The minimum absolute atomic E-state index is 1.11. The van der Waals surface area contributed by atoms with Gasteiger partial charge in [0.2, 0.25) is 0 Å². The van der Waals surface area contributed by atoms with E-state index in [0.29, 0.717) is 0 Å². The quantitative estimate of drug-likeness (QED) is 0.453. The van der Waals surface area contributed by atoms with E-state index in [2.05, 4.69) is 55.5 Å². The zero-order valence-corrected chi connectivity index (χ0v) is 17.9. The van der Waals surface area contributed by atoms with Crippen LogP contribution in [-0.2, 0) is 0 Å². The van der Waals surface area contributed by atoms with Gasteiger partial charge in [0, 0.05) is 0 Å². The molecular formula is C26H23OP2. The van der Waals surface area contributed by atoms with Gasteiger partial charge in [-0.2, -0.15) is 0 Å². The van der Waals surface area contributed by atoms with E-state index in [0.717, 1.165) is 21.2 Å². The lowest BCUT2D eigenvalue weighted by atomic mass is 10.4. The van der Waals surface area contributed by atoms with Gasteiger partial charge >= 0.3 is 0 Å². The first-order valence-electron chi connectivity index (χ1n) is 9.56. The van der Waals surface area contributed by atoms with Crippen molar-refractivity contribution >= 4 is 37.1 Å². The average molecular weight is 413 g/mol. The number of hydrogen-bond donors (Lipinski definition) is 1. The Morgan fingerprint density at radius 1 is 0.448 bits per heavy atom. The highest BCUT2D eigenvalue weighted by molar-refractivity contribution is 7.90. The van der Waals surface area contributed by atoms with Crippen LogP contribution < -0.4 is 21.2 Å². The zero-order valence-electron chi connectivity index (χ0n) is 16.1. The first-order valence-corrected chi connectivity index (χ1v) is 12.2. The third-order valence-electron chi connectivity index (χ3n) is 4.77. The van der Waals surface area contributed by atoms with Crippen molar-refractivity contribution in [1.82, 2.24) is 0 Å². The van der Waals surface area contributed by atoms with Crippen molar-refractivity contribution in [1.29, 1.82) is 0 Å². The van der Waals surface area contributed by atoms with Gasteiger partial charge in [-0.05, 0) is 44.0 Å². The Kier molecular flexibility index (Phi) is 6.22. The van der Waals surface area contributed by atoms with Crippen LogP contribution in [0.1, 0.15) is 0 Å². The van der Waals surface area contributed by atoms with Gasteiger partial charge in [-0.1, -0.05) is 121 Å². The minimum atomic E-state index is -1.17. The minimum Gasteiger partial charge on any atom is -0.380 e. The standard InChI is InChI=1S/C26H23OP2/c1-26(27,28(22-14-6-2-7-15-22)23-16-8-3-9-17-23)29(24-18-10-4-11-19-24)25-20-12-5-13-21-25/h2-21,27H,1H2. The SMILES string of the molecule is [CH2]C(O)(P(c1ccccc1)c1ccccc1)P(c1ccccc1)c1ccccc1. The second kappa shape index (κ2) is 9.02. The highest BCUT2D eigenvalue weighted by Crippen LogP contribution is 2.62. The van der Waals surface area contributed by atoms with Crippen molar-refractivity contribution in [3.63, 3.8) is 0 Å². The van der Waals surface area contributed by atoms with E-state index in [1.807, 2.05) is 72.8 Å². The van der Waals surface area contributed by atoms with E-state index in [1.54, 1.807) is 0 Å². The Bertz CT molecular complexity index is 855. The third kappa shape index (κ3) is 4.34. The van der Waals surface area contributed by atoms with Gasteiger partial charge in [0.1, 0.15) is 5.08 Å². The molecule has 143 valence electrons. The molecule has 0 aliphatic heterocycles. The Balaban J connectivity index is 1.91. The summed E-state index contributed by atoms with van der Waals surface area (Å²) in [5, 5.41) is 15.5. The summed E-state index contributed by atoms with van der Waals surface area (Å²) < 4.78 is 0. The Morgan fingerprint density at radius 2 is 0.655 bits per heavy atom. The van der Waals surface area contributed by atoms with Crippen molar-refractivity contribution in [2.45, 2.75) is 5.08 Å². The molecule has 29 heavy (non-hydrogen) atoms. The summed E-state index contributed by atoms with van der Waals surface area (Å²) in [6, 6.07) is 41.2. The first kappa shape index (κ1) is 20.0. The third-order valence-corrected chi connectivity index (χ3v) is 10.7. The Hall–Kier alpha value is -2.30. The molecular weight excluding hydrogens is 390 g/mol. The Morgan fingerprint density at radius 3 is 0.862 bits per heavy atom. The van der Waals surface area contributed by atoms with E-state index < -0.39 is 20.9 Å². The molecule has 0 saturated heterocycles. The van der Waals surface area contributed by atoms with Gasteiger partial charge in [0.15, 0.2) is 0 Å². The van der Waals surface area contributed by atoms with E-state index in [-0.39, 0.29) is 0 Å². The zero-order chi connectivity index (χ0) is 20.1. The highest BCUT2D eigenvalue weighted by Gasteiger charge is 2.43. The fraction of sp³-hybridized carbons (Fsp3) is 0.0385. The van der Waals surface area contributed by atoms with Crippen molar-refractivity contribution < 1.29 is 5.11 Å². The predicted molar refractivity (Wildman–Crippen MR) is 128 cm³/mol. The van der Waals surface area contributed by atoms with Crippen LogP contribution in [0.15, 0.2) is 121 Å². The van der Waals surface area contributed by atoms with Crippen LogP contribution in [0.3, 0.4) is 0 Å². The fourth-order valence-electron chi connectivity index (χ4n) is 3.53. The maximum atomic E-state index is 12.2. The Labute approximate surface area is 175 Å². The first-order chi connectivity index (χ1) is 14.2. The molecule has 0 heterocycles. The lowest BCUT2D eigenvalue weighted by Gasteiger charge is -2.41. The normalized spacial score (nSPS) is 11.7. The summed E-state index contributed by atoms with van der Waals surface area (Å²) in [5.74, 6) is 0. The summed E-state index contributed by atoms with van der Waals surface area (Å²) in [4.78, 5) is 0. The molecule has 0 amide bonds. The lowest BCUT2D eigenvalue weighted by Crippen LogP contribution is -2.36. The van der Waals surface area contributed by atoms with Crippen molar-refractivity contribution in [2.24, 2.45) is 0 Å². The maximum Gasteiger partial charge on any atom is 0.118 e. The van der Waals surface area contributed by atoms with E-state index in [9.17, 15) is 5.11 Å². The molecule has 1 radical (unpaired) electrons. The molecule has 4 aromatic rings. The summed E-state index contributed by atoms with van der Waals surface area (Å²) in [7, 11) is -2.21. The van der Waals surface area contributed by atoms with Crippen LogP contribution in [0, 0.1) is 6.92 Å². The number of aliphatic hydroxyl groups is 1. The molecule has 0 fully saturated rings. The molecule has 0 saturated carbocycles. The lowest BCUT2D eigenvalue weighted by molar-refractivity contribution is 0.268. The smallest absolute Gasteiger partial charge is 0.118 e. The van der Waals surface area contributed by atoms with Gasteiger partial charge in [-0.25, -0.2) is 0 Å². The van der Waals surface area contributed by atoms with Crippen molar-refractivity contribution in [3.05, 3.63) is 128 Å². The van der Waals surface area contributed by atoms with Gasteiger partial charge in [0.25, 0.3) is 0 Å². The second-order valence-electron chi connectivity index (χ2n) is 6.79. The monoisotopic (exact) mass is 413 g/mol. The van der Waals surface area contributed by atoms with Crippen LogP contribution in [0.2, 0.25) is 0 Å². The molecule has 0 atom stereocenters. The number of benzene rings is 4. The van der Waals surface area contributed by atoms with Crippen molar-refractivity contribution in [3.8, 4) is 0 Å². The predicted octanol–water partition coefficient (Wildman–Crippen LogP) is 4.73. The topological polar surface area (TPSA) is 20.2 Å². The molecule has 0 aliphatic rings. The molecule has 1 nitrogen and oxygen atoms in total. The van der Waals surface area contributed by atoms with Crippen LogP contribution in [0.25, 0.3) is 0 Å². The molecule has 0 aromatic heterocycles. The van der Waals surface area contributed by atoms with Crippen LogP contribution in [-0.4, -0.2) is 10.2 Å². The van der Waals surface area contributed by atoms with Crippen LogP contribution >= 0.6 is 15.8 Å². The summed E-state index contributed by atoms with van der Waals surface area (Å²) >= 11 is 0. The van der Waals surface area contributed by atoms with Crippen LogP contribution in [0.5, 0.6) is 0 Å². The van der Waals surface area contributed by atoms with E-state index >= 15 is 0 Å². The number of rotatable bonds is 6. The summed E-state index contributed by atoms with van der Waals surface area (Å²) in [6.45, 7) is 4.49. The van der Waals surface area contributed by atoms with Crippen LogP contribution in [0.4, 0.5) is 0 Å². The largest absolute Gasteiger partial charge is 0.380 e. The number of hydrogen-bond acceptors (Lipinski definition) is 1. The summed E-state index contributed by atoms with van der Waals surface area (Å²) in [6.07, 6.45) is 0. The van der Waals surface area contributed by atoms with Gasteiger partial charge in [0.05, 0.1) is 0 Å². The highest BCUT2D eigenvalue weighted by atomic mass is 31.2. The molecule has 3 heteroatoms. The molecule has 0 bridgehead atoms. The fourth-order valence-corrected chi connectivity index (χ4v) is 9.85. The van der Waals surface area contributed by atoms with E-state index in [1.165, 1.54) is 0 Å². The molecule has 1 N–H and O–H groups in total. The van der Waals surface area contributed by atoms with E-state index in [4.69, 9.17) is 0 Å². The van der Waals surface area contributed by atoms with Crippen molar-refractivity contribution in [2.75, 3.05) is 0 Å². The van der Waals surface area contributed by atoms with Gasteiger partial charge in [-0.3, -0.25) is 0 Å². The maximum absolute atomic E-state index is 12.2. The molecule has 0 spiro atoms. The van der Waals surface area contributed by atoms with Gasteiger partial charge < -0.3 is 5.11 Å². The molecule has 4 rings (SSSR count). The van der Waals surface area contributed by atoms with Gasteiger partial charge in [-0.15, -0.1) is 0 Å². The summed E-state index contributed by atoms with van der Waals surface area (Å²) in [5.41, 5.74) is 0.